The van der Waals surface area contributed by atoms with Crippen molar-refractivity contribution in [2.45, 2.75) is 6.42 Å². The summed E-state index contributed by atoms with van der Waals surface area (Å²) in [5, 5.41) is 0. The average Bonchev–Trinajstić information content (AvgIpc) is 2.57. The van der Waals surface area contributed by atoms with E-state index in [2.05, 4.69) is 9.97 Å². The fourth-order valence-electron chi connectivity index (χ4n) is 2.14. The molecule has 0 aliphatic carbocycles. The van der Waals surface area contributed by atoms with E-state index in [1.807, 2.05) is 24.3 Å². The molecule has 0 spiro atoms. The maximum atomic E-state index is 12.9. The van der Waals surface area contributed by atoms with E-state index in [1.54, 1.807) is 18.6 Å². The van der Waals surface area contributed by atoms with Crippen LogP contribution in [0, 0.1) is 5.82 Å². The molecule has 108 valence electrons. The van der Waals surface area contributed by atoms with Crippen LogP contribution in [0.5, 0.6) is 0 Å². The van der Waals surface area contributed by atoms with Crippen LogP contribution >= 0.6 is 0 Å². The van der Waals surface area contributed by atoms with E-state index < -0.39 is 0 Å². The van der Waals surface area contributed by atoms with Crippen molar-refractivity contribution in [3.05, 3.63) is 84.2 Å². The topological polar surface area (TPSA) is 42.9 Å². The Kier molecular flexibility index (Phi) is 4.01. The van der Waals surface area contributed by atoms with Gasteiger partial charge in [-0.3, -0.25) is 14.8 Å². The van der Waals surface area contributed by atoms with Gasteiger partial charge >= 0.3 is 0 Å². The van der Waals surface area contributed by atoms with Gasteiger partial charge in [0.2, 0.25) is 0 Å². The van der Waals surface area contributed by atoms with Gasteiger partial charge in [-0.25, -0.2) is 4.39 Å². The van der Waals surface area contributed by atoms with E-state index in [0.717, 1.165) is 11.1 Å². The van der Waals surface area contributed by atoms with E-state index in [4.69, 9.17) is 0 Å². The molecule has 3 nitrogen and oxygen atoms in total. The molecule has 0 saturated heterocycles. The Labute approximate surface area is 127 Å². The molecule has 0 aliphatic rings. The van der Waals surface area contributed by atoms with E-state index in [9.17, 15) is 9.18 Å². The van der Waals surface area contributed by atoms with E-state index in [0.29, 0.717) is 11.3 Å². The number of rotatable bonds is 4. The van der Waals surface area contributed by atoms with Crippen LogP contribution in [0.3, 0.4) is 0 Å². The largest absolute Gasteiger partial charge is 0.294 e. The Morgan fingerprint density at radius 2 is 1.73 bits per heavy atom. The summed E-state index contributed by atoms with van der Waals surface area (Å²) >= 11 is 0. The first-order valence-corrected chi connectivity index (χ1v) is 6.86. The third-order valence-corrected chi connectivity index (χ3v) is 3.33. The maximum Gasteiger partial charge on any atom is 0.168 e. The summed E-state index contributed by atoms with van der Waals surface area (Å²) in [7, 11) is 0. The third-order valence-electron chi connectivity index (χ3n) is 3.33. The molecule has 0 bridgehead atoms. The first-order chi connectivity index (χ1) is 10.7. The summed E-state index contributed by atoms with van der Waals surface area (Å²) in [6, 6.07) is 13.1. The summed E-state index contributed by atoms with van der Waals surface area (Å²) in [6.07, 6.45) is 5.40. The molecule has 0 amide bonds. The summed E-state index contributed by atoms with van der Waals surface area (Å²) in [4.78, 5) is 20.5. The molecule has 4 heteroatoms. The molecule has 0 unspecified atom stereocenters. The highest BCUT2D eigenvalue weighted by atomic mass is 19.1. The van der Waals surface area contributed by atoms with Crippen LogP contribution in [0.1, 0.15) is 16.1 Å². The predicted molar refractivity (Wildman–Crippen MR) is 81.9 cm³/mol. The molecule has 3 aromatic rings. The van der Waals surface area contributed by atoms with Crippen LogP contribution in [0.4, 0.5) is 4.39 Å². The molecule has 0 saturated carbocycles. The molecule has 0 aliphatic heterocycles. The number of Topliss-reactive ketones (excluding diaryl/α,β-unsaturated/α-hetero) is 1. The third kappa shape index (κ3) is 3.23. The van der Waals surface area contributed by atoms with Crippen LogP contribution in [0.25, 0.3) is 11.1 Å². The number of hydrogen-bond donors (Lipinski definition) is 0. The van der Waals surface area contributed by atoms with Gasteiger partial charge in [0.05, 0.1) is 6.42 Å². The Balaban J connectivity index is 1.73. The number of carbonyl (C=O) groups is 1. The second-order valence-electron chi connectivity index (χ2n) is 4.89. The van der Waals surface area contributed by atoms with Crippen LogP contribution in [0.15, 0.2) is 67.1 Å². The van der Waals surface area contributed by atoms with E-state index in [-0.39, 0.29) is 18.0 Å². The zero-order chi connectivity index (χ0) is 15.4. The number of benzene rings is 1. The molecule has 0 atom stereocenters. The number of ketones is 1. The first-order valence-electron chi connectivity index (χ1n) is 6.86. The molecule has 2 heterocycles. The molecule has 1 aromatic carbocycles. The SMILES string of the molecule is O=C(Cc1ccc(-c2cccnc2)cn1)c1ccc(F)cc1. The minimum absolute atomic E-state index is 0.0818. The van der Waals surface area contributed by atoms with Gasteiger partial charge in [-0.15, -0.1) is 0 Å². The van der Waals surface area contributed by atoms with Crippen LogP contribution in [-0.2, 0) is 6.42 Å². The van der Waals surface area contributed by atoms with Gasteiger partial charge in [0.15, 0.2) is 5.78 Å². The summed E-state index contributed by atoms with van der Waals surface area (Å²) < 4.78 is 12.9. The highest BCUT2D eigenvalue weighted by molar-refractivity contribution is 5.97. The van der Waals surface area contributed by atoms with Crippen LogP contribution < -0.4 is 0 Å². The average molecular weight is 292 g/mol. The summed E-state index contributed by atoms with van der Waals surface area (Å²) in [6.45, 7) is 0. The lowest BCUT2D eigenvalue weighted by Gasteiger charge is -2.04. The predicted octanol–water partition coefficient (Wildman–Crippen LogP) is 3.71. The van der Waals surface area contributed by atoms with Crippen molar-refractivity contribution in [1.82, 2.24) is 9.97 Å². The number of pyridine rings is 2. The molecular weight excluding hydrogens is 279 g/mol. The smallest absolute Gasteiger partial charge is 0.168 e. The van der Waals surface area contributed by atoms with Crippen molar-refractivity contribution in [3.63, 3.8) is 0 Å². The van der Waals surface area contributed by atoms with Crippen molar-refractivity contribution < 1.29 is 9.18 Å². The summed E-state index contributed by atoms with van der Waals surface area (Å²) in [5.74, 6) is -0.433. The van der Waals surface area contributed by atoms with E-state index in [1.165, 1.54) is 24.3 Å². The Hall–Kier alpha value is -2.88. The van der Waals surface area contributed by atoms with Gasteiger partial charge in [-0.05, 0) is 36.4 Å². The lowest BCUT2D eigenvalue weighted by atomic mass is 10.0. The number of halogens is 1. The normalized spacial score (nSPS) is 10.4. The maximum absolute atomic E-state index is 12.9. The number of aromatic nitrogens is 2. The lowest BCUT2D eigenvalue weighted by Crippen LogP contribution is -2.05. The van der Waals surface area contributed by atoms with Gasteiger partial charge in [-0.1, -0.05) is 12.1 Å². The second kappa shape index (κ2) is 6.26. The lowest BCUT2D eigenvalue weighted by molar-refractivity contribution is 0.0992. The fraction of sp³-hybridized carbons (Fsp3) is 0.0556. The Bertz CT molecular complexity index is 768. The molecular formula is C18H13FN2O. The number of hydrogen-bond acceptors (Lipinski definition) is 3. The van der Waals surface area contributed by atoms with Crippen molar-refractivity contribution in [2.75, 3.05) is 0 Å². The minimum atomic E-state index is -0.351. The molecule has 22 heavy (non-hydrogen) atoms. The van der Waals surface area contributed by atoms with Crippen molar-refractivity contribution in [1.29, 1.82) is 0 Å². The standard InChI is InChI=1S/C18H13FN2O/c19-16-6-3-13(4-7-16)18(22)10-17-8-5-15(12-21-17)14-2-1-9-20-11-14/h1-9,11-12H,10H2. The van der Waals surface area contributed by atoms with Crippen molar-refractivity contribution in [3.8, 4) is 11.1 Å². The second-order valence-corrected chi connectivity index (χ2v) is 4.89. The first kappa shape index (κ1) is 14.1. The highest BCUT2D eigenvalue weighted by Gasteiger charge is 2.08. The zero-order valence-corrected chi connectivity index (χ0v) is 11.7. The van der Waals surface area contributed by atoms with Gasteiger partial charge in [0.25, 0.3) is 0 Å². The molecule has 0 fully saturated rings. The van der Waals surface area contributed by atoms with E-state index >= 15 is 0 Å². The van der Waals surface area contributed by atoms with Crippen LogP contribution in [-0.4, -0.2) is 15.8 Å². The van der Waals surface area contributed by atoms with Gasteiger partial charge in [0.1, 0.15) is 5.82 Å². The minimum Gasteiger partial charge on any atom is -0.294 e. The Morgan fingerprint density at radius 3 is 2.36 bits per heavy atom. The molecule has 0 radical (unpaired) electrons. The highest BCUT2D eigenvalue weighted by Crippen LogP contribution is 2.17. The van der Waals surface area contributed by atoms with Gasteiger partial charge in [-0.2, -0.15) is 0 Å². The monoisotopic (exact) mass is 292 g/mol. The Morgan fingerprint density at radius 1 is 0.955 bits per heavy atom. The molecule has 3 rings (SSSR count). The van der Waals surface area contributed by atoms with Crippen molar-refractivity contribution in [2.24, 2.45) is 0 Å². The quantitative estimate of drug-likeness (QED) is 0.688. The van der Waals surface area contributed by atoms with Crippen molar-refractivity contribution >= 4 is 5.78 Å². The molecule has 0 N–H and O–H groups in total. The fourth-order valence-corrected chi connectivity index (χ4v) is 2.14. The van der Waals surface area contributed by atoms with Gasteiger partial charge < -0.3 is 0 Å². The van der Waals surface area contributed by atoms with Gasteiger partial charge in [0, 0.05) is 41.0 Å². The zero-order valence-electron chi connectivity index (χ0n) is 11.7. The summed E-state index contributed by atoms with van der Waals surface area (Å²) in [5.41, 5.74) is 3.10. The van der Waals surface area contributed by atoms with Crippen LogP contribution in [0.2, 0.25) is 0 Å². The molecule has 2 aromatic heterocycles. The number of nitrogens with zero attached hydrogens (tertiary/aromatic N) is 2. The number of carbonyl (C=O) groups excluding carboxylic acids is 1.